The Hall–Kier alpha value is -1.32. The fraction of sp³-hybridized carbons (Fsp3) is 0.500. The summed E-state index contributed by atoms with van der Waals surface area (Å²) >= 11 is 0. The number of ether oxygens (including phenoxy) is 1. The highest BCUT2D eigenvalue weighted by molar-refractivity contribution is 5.39. The first-order valence-electron chi connectivity index (χ1n) is 3.90. The molecule has 64 valence electrons. The van der Waals surface area contributed by atoms with Gasteiger partial charge >= 0.3 is 0 Å². The zero-order valence-corrected chi connectivity index (χ0v) is 6.82. The largest absolute Gasteiger partial charge is 0.502 e. The number of hydrogen-bond donors (Lipinski definition) is 1. The van der Waals surface area contributed by atoms with Crippen molar-refractivity contribution in [3.63, 3.8) is 0 Å². The summed E-state index contributed by atoms with van der Waals surface area (Å²) in [5.74, 6) is 0.788. The van der Waals surface area contributed by atoms with Gasteiger partial charge in [0.25, 0.3) is 5.88 Å². The molecule has 1 aliphatic carbocycles. The highest BCUT2D eigenvalue weighted by Crippen LogP contribution is 2.44. The summed E-state index contributed by atoms with van der Waals surface area (Å²) in [6.45, 7) is 0. The lowest BCUT2D eigenvalue weighted by Crippen LogP contribution is -1.94. The van der Waals surface area contributed by atoms with Crippen molar-refractivity contribution in [2.45, 2.75) is 18.8 Å². The fourth-order valence-corrected chi connectivity index (χ4v) is 1.18. The lowest BCUT2D eigenvalue weighted by molar-refractivity contribution is 0.353. The van der Waals surface area contributed by atoms with Gasteiger partial charge in [-0.2, -0.15) is 4.98 Å². The third-order valence-corrected chi connectivity index (χ3v) is 1.97. The summed E-state index contributed by atoms with van der Waals surface area (Å²) in [6.07, 6.45) is 3.63. The topological polar surface area (TPSA) is 55.2 Å². The van der Waals surface area contributed by atoms with Crippen LogP contribution in [0.4, 0.5) is 0 Å². The molecule has 4 heteroatoms. The predicted octanol–water partition coefficient (Wildman–Crippen LogP) is 1.07. The van der Waals surface area contributed by atoms with Crippen molar-refractivity contribution in [3.8, 4) is 11.6 Å². The standard InChI is InChI=1S/C8H10N2O2/c1-12-8-7(11)6(5-2-3-5)9-4-10-8/h4-5,11H,2-3H2,1H3. The molecule has 12 heavy (non-hydrogen) atoms. The third-order valence-electron chi connectivity index (χ3n) is 1.97. The average Bonchev–Trinajstić information content (AvgIpc) is 2.88. The fourth-order valence-electron chi connectivity index (χ4n) is 1.18. The molecular formula is C8H10N2O2. The van der Waals surface area contributed by atoms with Crippen LogP contribution in [0.2, 0.25) is 0 Å². The molecule has 1 saturated carbocycles. The summed E-state index contributed by atoms with van der Waals surface area (Å²) < 4.78 is 4.86. The van der Waals surface area contributed by atoms with E-state index in [1.165, 1.54) is 13.4 Å². The molecule has 2 rings (SSSR count). The number of nitrogens with zero attached hydrogens (tertiary/aromatic N) is 2. The van der Waals surface area contributed by atoms with Gasteiger partial charge in [0.1, 0.15) is 6.33 Å². The second kappa shape index (κ2) is 2.62. The van der Waals surface area contributed by atoms with Crippen molar-refractivity contribution in [1.29, 1.82) is 0 Å². The minimum Gasteiger partial charge on any atom is -0.502 e. The smallest absolute Gasteiger partial charge is 0.259 e. The SMILES string of the molecule is COc1ncnc(C2CC2)c1O. The van der Waals surface area contributed by atoms with Crippen molar-refractivity contribution in [3.05, 3.63) is 12.0 Å². The third kappa shape index (κ3) is 1.09. The van der Waals surface area contributed by atoms with E-state index in [0.29, 0.717) is 5.92 Å². The molecule has 0 spiro atoms. The first-order valence-corrected chi connectivity index (χ1v) is 3.90. The monoisotopic (exact) mass is 166 g/mol. The minimum atomic E-state index is 0.0995. The lowest BCUT2D eigenvalue weighted by Gasteiger charge is -2.04. The van der Waals surface area contributed by atoms with Gasteiger partial charge in [-0.05, 0) is 12.8 Å². The number of aromatic nitrogens is 2. The quantitative estimate of drug-likeness (QED) is 0.714. The van der Waals surface area contributed by atoms with Crippen molar-refractivity contribution >= 4 is 0 Å². The van der Waals surface area contributed by atoms with Gasteiger partial charge < -0.3 is 9.84 Å². The lowest BCUT2D eigenvalue weighted by atomic mass is 10.2. The summed E-state index contributed by atoms with van der Waals surface area (Å²) in [5, 5.41) is 9.55. The van der Waals surface area contributed by atoms with Crippen molar-refractivity contribution in [2.75, 3.05) is 7.11 Å². The van der Waals surface area contributed by atoms with E-state index in [-0.39, 0.29) is 11.6 Å². The van der Waals surface area contributed by atoms with Gasteiger partial charge in [-0.15, -0.1) is 0 Å². The number of aromatic hydroxyl groups is 1. The molecule has 1 heterocycles. The van der Waals surface area contributed by atoms with Crippen LogP contribution >= 0.6 is 0 Å². The Morgan fingerprint density at radius 2 is 2.25 bits per heavy atom. The summed E-state index contributed by atoms with van der Waals surface area (Å²) in [5.41, 5.74) is 0.724. The molecule has 1 N–H and O–H groups in total. The molecule has 1 aromatic rings. The second-order valence-electron chi connectivity index (χ2n) is 2.89. The van der Waals surface area contributed by atoms with Crippen LogP contribution in [0.5, 0.6) is 11.6 Å². The Kier molecular flexibility index (Phi) is 1.60. The van der Waals surface area contributed by atoms with E-state index in [1.807, 2.05) is 0 Å². The van der Waals surface area contributed by atoms with Crippen LogP contribution in [0.1, 0.15) is 24.5 Å². The first-order chi connectivity index (χ1) is 5.83. The molecule has 0 unspecified atom stereocenters. The number of rotatable bonds is 2. The molecule has 1 aromatic heterocycles. The van der Waals surface area contributed by atoms with Crippen molar-refractivity contribution in [2.24, 2.45) is 0 Å². The van der Waals surface area contributed by atoms with E-state index in [9.17, 15) is 5.11 Å². The summed E-state index contributed by atoms with van der Waals surface area (Å²) in [7, 11) is 1.48. The highest BCUT2D eigenvalue weighted by atomic mass is 16.5. The molecule has 0 saturated heterocycles. The Bertz CT molecular complexity index is 297. The minimum absolute atomic E-state index is 0.0995. The molecule has 0 aromatic carbocycles. The van der Waals surface area contributed by atoms with E-state index in [2.05, 4.69) is 9.97 Å². The molecule has 0 atom stereocenters. The van der Waals surface area contributed by atoms with Crippen molar-refractivity contribution < 1.29 is 9.84 Å². The molecule has 1 fully saturated rings. The Labute approximate surface area is 70.2 Å². The number of methoxy groups -OCH3 is 1. The van der Waals surface area contributed by atoms with E-state index in [1.54, 1.807) is 0 Å². The van der Waals surface area contributed by atoms with E-state index >= 15 is 0 Å². The van der Waals surface area contributed by atoms with Crippen molar-refractivity contribution in [1.82, 2.24) is 9.97 Å². The van der Waals surface area contributed by atoms with Crippen LogP contribution in [-0.2, 0) is 0 Å². The molecular weight excluding hydrogens is 156 g/mol. The molecule has 0 radical (unpaired) electrons. The van der Waals surface area contributed by atoms with Crippen LogP contribution in [0, 0.1) is 0 Å². The maximum Gasteiger partial charge on any atom is 0.259 e. The first kappa shape index (κ1) is 7.34. The normalized spacial score (nSPS) is 16.1. The van der Waals surface area contributed by atoms with E-state index in [4.69, 9.17) is 4.74 Å². The maximum absolute atomic E-state index is 9.55. The Balaban J connectivity index is 2.40. The van der Waals surface area contributed by atoms with Crippen LogP contribution in [0.3, 0.4) is 0 Å². The summed E-state index contributed by atoms with van der Waals surface area (Å²) in [4.78, 5) is 7.79. The van der Waals surface area contributed by atoms with Gasteiger partial charge in [0.15, 0.2) is 0 Å². The predicted molar refractivity (Wildman–Crippen MR) is 42.2 cm³/mol. The Morgan fingerprint density at radius 3 is 2.83 bits per heavy atom. The van der Waals surface area contributed by atoms with Crippen LogP contribution < -0.4 is 4.74 Å². The van der Waals surface area contributed by atoms with Gasteiger partial charge in [-0.3, -0.25) is 0 Å². The van der Waals surface area contributed by atoms with Crippen LogP contribution in [0.25, 0.3) is 0 Å². The van der Waals surface area contributed by atoms with Gasteiger partial charge in [0.2, 0.25) is 5.75 Å². The average molecular weight is 166 g/mol. The Morgan fingerprint density at radius 1 is 1.50 bits per heavy atom. The van der Waals surface area contributed by atoms with Crippen LogP contribution in [0.15, 0.2) is 6.33 Å². The van der Waals surface area contributed by atoms with Gasteiger partial charge in [-0.1, -0.05) is 0 Å². The zero-order chi connectivity index (χ0) is 8.55. The van der Waals surface area contributed by atoms with Gasteiger partial charge in [0.05, 0.1) is 12.8 Å². The molecule has 1 aliphatic rings. The second-order valence-corrected chi connectivity index (χ2v) is 2.89. The summed E-state index contributed by atoms with van der Waals surface area (Å²) in [6, 6.07) is 0. The van der Waals surface area contributed by atoms with E-state index in [0.717, 1.165) is 18.5 Å². The zero-order valence-electron chi connectivity index (χ0n) is 6.82. The number of hydrogen-bond acceptors (Lipinski definition) is 4. The van der Waals surface area contributed by atoms with Gasteiger partial charge in [-0.25, -0.2) is 4.98 Å². The molecule has 0 aliphatic heterocycles. The molecule has 0 amide bonds. The highest BCUT2D eigenvalue weighted by Gasteiger charge is 2.29. The molecule has 0 bridgehead atoms. The van der Waals surface area contributed by atoms with E-state index < -0.39 is 0 Å². The maximum atomic E-state index is 9.55. The van der Waals surface area contributed by atoms with Crippen LogP contribution in [-0.4, -0.2) is 22.2 Å². The molecule has 4 nitrogen and oxygen atoms in total. The van der Waals surface area contributed by atoms with Gasteiger partial charge in [0, 0.05) is 5.92 Å².